The second kappa shape index (κ2) is 5.03. The van der Waals surface area contributed by atoms with Crippen molar-refractivity contribution in [1.29, 1.82) is 0 Å². The first-order valence-corrected chi connectivity index (χ1v) is 7.70. The van der Waals surface area contributed by atoms with E-state index in [1.807, 2.05) is 54.6 Å². The molecule has 2 aromatic rings. The molecule has 1 fully saturated rings. The van der Waals surface area contributed by atoms with Crippen LogP contribution in [0.25, 0.3) is 0 Å². The van der Waals surface area contributed by atoms with Gasteiger partial charge in [0.15, 0.2) is 0 Å². The Morgan fingerprint density at radius 2 is 1.71 bits per heavy atom. The molecule has 0 bridgehead atoms. The van der Waals surface area contributed by atoms with E-state index in [-0.39, 0.29) is 11.8 Å². The zero-order valence-electron chi connectivity index (χ0n) is 13.0. The summed E-state index contributed by atoms with van der Waals surface area (Å²) < 4.78 is 4.60. The Hall–Kier alpha value is -2.95. The number of rotatable bonds is 3. The third-order valence-electron chi connectivity index (χ3n) is 5.03. The van der Waals surface area contributed by atoms with Gasteiger partial charge < -0.3 is 10.1 Å². The van der Waals surface area contributed by atoms with E-state index in [2.05, 4.69) is 10.1 Å². The number of Topliss-reactive ketones (excluding diaryl/α,β-unsaturated/α-hetero) is 1. The molecular weight excluding hydrogens is 306 g/mol. The number of anilines is 1. The van der Waals surface area contributed by atoms with Crippen molar-refractivity contribution in [3.63, 3.8) is 0 Å². The lowest BCUT2D eigenvalue weighted by atomic mass is 9.91. The lowest BCUT2D eigenvalue weighted by molar-refractivity contribution is -0.152. The van der Waals surface area contributed by atoms with Crippen molar-refractivity contribution in [3.05, 3.63) is 65.7 Å². The lowest BCUT2D eigenvalue weighted by Crippen LogP contribution is -2.28. The minimum Gasteiger partial charge on any atom is -0.463 e. The fourth-order valence-electron chi connectivity index (χ4n) is 4.01. The number of hydrogen-bond acceptors (Lipinski definition) is 4. The molecule has 1 aliphatic carbocycles. The number of benzene rings is 2. The molecule has 0 aromatic heterocycles. The van der Waals surface area contributed by atoms with E-state index in [1.165, 1.54) is 7.11 Å². The Balaban J connectivity index is 1.88. The SMILES string of the molecule is COC(=O)C(=O)[C@H]1[C@H](c2ccccc2)[C@@]12C(=O)Nc1ccccc12. The molecule has 2 aromatic carbocycles. The number of amides is 1. The Bertz CT molecular complexity index is 861. The Morgan fingerprint density at radius 3 is 2.42 bits per heavy atom. The van der Waals surface area contributed by atoms with Crippen LogP contribution in [-0.4, -0.2) is 24.8 Å². The number of carbonyl (C=O) groups is 3. The van der Waals surface area contributed by atoms with Gasteiger partial charge in [-0.05, 0) is 17.2 Å². The number of carbonyl (C=O) groups excluding carboxylic acids is 3. The van der Waals surface area contributed by atoms with Crippen molar-refractivity contribution in [2.45, 2.75) is 11.3 Å². The minimum absolute atomic E-state index is 0.236. The number of nitrogens with one attached hydrogen (secondary N) is 1. The number of esters is 1. The standard InChI is InChI=1S/C19H15NO4/c1-24-17(22)16(21)15-14(11-7-3-2-4-8-11)19(15)12-9-5-6-10-13(12)20-18(19)23/h2-10,14-15H,1H3,(H,20,23)/t14-,15+,19+/m0/s1. The maximum Gasteiger partial charge on any atom is 0.374 e. The quantitative estimate of drug-likeness (QED) is 0.693. The summed E-state index contributed by atoms with van der Waals surface area (Å²) in [5, 5.41) is 2.85. The van der Waals surface area contributed by atoms with Crippen LogP contribution < -0.4 is 5.32 Å². The van der Waals surface area contributed by atoms with Crippen LogP contribution in [0.4, 0.5) is 5.69 Å². The van der Waals surface area contributed by atoms with Crippen LogP contribution in [0.1, 0.15) is 17.0 Å². The third kappa shape index (κ3) is 1.72. The average molecular weight is 321 g/mol. The summed E-state index contributed by atoms with van der Waals surface area (Å²) in [6.45, 7) is 0. The van der Waals surface area contributed by atoms with E-state index in [0.717, 1.165) is 11.1 Å². The van der Waals surface area contributed by atoms with Crippen LogP contribution in [0.5, 0.6) is 0 Å². The highest BCUT2D eigenvalue weighted by atomic mass is 16.5. The van der Waals surface area contributed by atoms with Gasteiger partial charge in [0.25, 0.3) is 0 Å². The number of ether oxygens (including phenoxy) is 1. The van der Waals surface area contributed by atoms with Gasteiger partial charge in [0.2, 0.25) is 11.7 Å². The second-order valence-corrected chi connectivity index (χ2v) is 6.09. The molecule has 0 unspecified atom stereocenters. The first-order chi connectivity index (χ1) is 11.6. The number of fused-ring (bicyclic) bond motifs is 2. The summed E-state index contributed by atoms with van der Waals surface area (Å²) in [5.41, 5.74) is 1.31. The summed E-state index contributed by atoms with van der Waals surface area (Å²) in [5.74, 6) is -2.90. The van der Waals surface area contributed by atoms with Crippen molar-refractivity contribution in [2.75, 3.05) is 12.4 Å². The van der Waals surface area contributed by atoms with Crippen LogP contribution in [-0.2, 0) is 24.5 Å². The van der Waals surface area contributed by atoms with Crippen LogP contribution in [0.15, 0.2) is 54.6 Å². The van der Waals surface area contributed by atoms with Gasteiger partial charge in [0.05, 0.1) is 18.4 Å². The predicted molar refractivity (Wildman–Crippen MR) is 86.4 cm³/mol. The minimum atomic E-state index is -1.02. The zero-order chi connectivity index (χ0) is 16.9. The molecule has 120 valence electrons. The fourth-order valence-corrected chi connectivity index (χ4v) is 4.01. The van der Waals surface area contributed by atoms with Gasteiger partial charge in [-0.15, -0.1) is 0 Å². The molecule has 3 atom stereocenters. The zero-order valence-corrected chi connectivity index (χ0v) is 13.0. The fraction of sp³-hybridized carbons (Fsp3) is 0.211. The van der Waals surface area contributed by atoms with Gasteiger partial charge in [-0.25, -0.2) is 4.79 Å². The highest BCUT2D eigenvalue weighted by Gasteiger charge is 2.76. The topological polar surface area (TPSA) is 72.5 Å². The molecular formula is C19H15NO4. The smallest absolute Gasteiger partial charge is 0.374 e. The molecule has 24 heavy (non-hydrogen) atoms. The third-order valence-corrected chi connectivity index (χ3v) is 5.03. The Kier molecular flexibility index (Phi) is 3.06. The van der Waals surface area contributed by atoms with Crippen LogP contribution >= 0.6 is 0 Å². The van der Waals surface area contributed by atoms with Gasteiger partial charge in [-0.3, -0.25) is 9.59 Å². The first-order valence-electron chi connectivity index (χ1n) is 7.70. The van der Waals surface area contributed by atoms with E-state index < -0.39 is 23.1 Å². The molecule has 1 amide bonds. The Morgan fingerprint density at radius 1 is 1.04 bits per heavy atom. The highest BCUT2D eigenvalue weighted by molar-refractivity contribution is 6.38. The lowest BCUT2D eigenvalue weighted by Gasteiger charge is -2.08. The number of methoxy groups -OCH3 is 1. The molecule has 0 radical (unpaired) electrons. The van der Waals surface area contributed by atoms with Crippen molar-refractivity contribution >= 4 is 23.3 Å². The Labute approximate surface area is 138 Å². The first kappa shape index (κ1) is 14.6. The van der Waals surface area contributed by atoms with E-state index in [4.69, 9.17) is 0 Å². The van der Waals surface area contributed by atoms with Crippen LogP contribution in [0.2, 0.25) is 0 Å². The summed E-state index contributed by atoms with van der Waals surface area (Å²) in [6.07, 6.45) is 0. The van der Waals surface area contributed by atoms with Gasteiger partial charge in [-0.1, -0.05) is 48.5 Å². The number of hydrogen-bond donors (Lipinski definition) is 1. The molecule has 2 aliphatic rings. The van der Waals surface area contributed by atoms with Crippen molar-refractivity contribution in [1.82, 2.24) is 0 Å². The molecule has 1 spiro atoms. The monoisotopic (exact) mass is 321 g/mol. The van der Waals surface area contributed by atoms with E-state index in [9.17, 15) is 14.4 Å². The van der Waals surface area contributed by atoms with E-state index >= 15 is 0 Å². The van der Waals surface area contributed by atoms with Crippen LogP contribution in [0.3, 0.4) is 0 Å². The van der Waals surface area contributed by atoms with E-state index in [0.29, 0.717) is 5.69 Å². The van der Waals surface area contributed by atoms with Gasteiger partial charge in [-0.2, -0.15) is 0 Å². The molecule has 5 nitrogen and oxygen atoms in total. The number of para-hydroxylation sites is 1. The summed E-state index contributed by atoms with van der Waals surface area (Å²) in [7, 11) is 1.18. The van der Waals surface area contributed by atoms with Gasteiger partial charge >= 0.3 is 5.97 Å². The van der Waals surface area contributed by atoms with Gasteiger partial charge in [0.1, 0.15) is 0 Å². The normalized spacial score (nSPS) is 26.6. The largest absolute Gasteiger partial charge is 0.463 e. The van der Waals surface area contributed by atoms with Gasteiger partial charge in [0, 0.05) is 11.6 Å². The summed E-state index contributed by atoms with van der Waals surface area (Å²) in [4.78, 5) is 37.2. The van der Waals surface area contributed by atoms with Crippen molar-refractivity contribution in [3.8, 4) is 0 Å². The molecule has 1 saturated carbocycles. The van der Waals surface area contributed by atoms with Crippen LogP contribution in [0, 0.1) is 5.92 Å². The highest BCUT2D eigenvalue weighted by Crippen LogP contribution is 2.69. The summed E-state index contributed by atoms with van der Waals surface area (Å²) >= 11 is 0. The predicted octanol–water partition coefficient (Wildman–Crippen LogP) is 2.03. The number of ketones is 1. The molecule has 1 aliphatic heterocycles. The van der Waals surface area contributed by atoms with E-state index in [1.54, 1.807) is 0 Å². The maximum absolute atomic E-state index is 12.8. The second-order valence-electron chi connectivity index (χ2n) is 6.09. The summed E-state index contributed by atoms with van der Waals surface area (Å²) in [6, 6.07) is 16.7. The average Bonchev–Trinajstić information content (AvgIpc) is 3.23. The molecule has 1 heterocycles. The molecule has 1 N–H and O–H groups in total. The molecule has 0 saturated heterocycles. The molecule has 5 heteroatoms. The van der Waals surface area contributed by atoms with Crippen molar-refractivity contribution < 1.29 is 19.1 Å². The van der Waals surface area contributed by atoms with Crippen molar-refractivity contribution in [2.24, 2.45) is 5.92 Å². The molecule has 4 rings (SSSR count). The maximum atomic E-state index is 12.8.